The summed E-state index contributed by atoms with van der Waals surface area (Å²) >= 11 is 0. The van der Waals surface area contributed by atoms with E-state index >= 15 is 0 Å². The highest BCUT2D eigenvalue weighted by Gasteiger charge is 2.78. The summed E-state index contributed by atoms with van der Waals surface area (Å²) < 4.78 is 0. The van der Waals surface area contributed by atoms with Gasteiger partial charge in [0.15, 0.2) is 0 Å². The predicted molar refractivity (Wildman–Crippen MR) is 186 cm³/mol. The van der Waals surface area contributed by atoms with E-state index in [4.69, 9.17) is 0 Å². The standard InChI is InChI=1S/C40H36N6O4/c47-33-31-21-39(25-15-7-9-17-27(25)43-37(39)45(31)35(49)29(41-33)19-23-11-3-1-4-12-23)40-22-32-34(48)42-30(20-24-13-5-2-6-14-24)36(50)46(32)38(40)44-28-18-10-8-16-26(28)40/h1-18,29-32,37-38,43-44H,19-22H2,(H,41,47)(H,42,48)/t29-,30-,31-,32-,37-,38-,39+,40+/m0/s1. The number of nitrogens with one attached hydrogen (secondary N) is 4. The van der Waals surface area contributed by atoms with E-state index in [1.54, 1.807) is 9.80 Å². The van der Waals surface area contributed by atoms with E-state index < -0.39 is 47.3 Å². The molecule has 10 heteroatoms. The third kappa shape index (κ3) is 3.73. The largest absolute Gasteiger partial charge is 0.364 e. The van der Waals surface area contributed by atoms with Crippen LogP contribution >= 0.6 is 0 Å². The van der Waals surface area contributed by atoms with Crippen LogP contribution in [0.15, 0.2) is 109 Å². The Morgan fingerprint density at radius 3 is 1.30 bits per heavy atom. The van der Waals surface area contributed by atoms with Crippen LogP contribution in [0.25, 0.3) is 0 Å². The predicted octanol–water partition coefficient (Wildman–Crippen LogP) is 3.05. The number of rotatable bonds is 5. The molecule has 10 nitrogen and oxygen atoms in total. The average molecular weight is 665 g/mol. The Bertz CT molecular complexity index is 1940. The minimum atomic E-state index is -0.861. The fourth-order valence-electron chi connectivity index (χ4n) is 10.4. The molecule has 6 aliphatic rings. The minimum Gasteiger partial charge on any atom is -0.364 e. The van der Waals surface area contributed by atoms with Crippen molar-refractivity contribution in [2.24, 2.45) is 0 Å². The van der Waals surface area contributed by atoms with Crippen molar-refractivity contribution in [3.63, 3.8) is 0 Å². The molecule has 6 heterocycles. The lowest BCUT2D eigenvalue weighted by atomic mass is 9.54. The Morgan fingerprint density at radius 1 is 0.500 bits per heavy atom. The minimum absolute atomic E-state index is 0.134. The van der Waals surface area contributed by atoms with Crippen LogP contribution in [-0.2, 0) is 42.8 Å². The van der Waals surface area contributed by atoms with E-state index in [0.29, 0.717) is 25.7 Å². The number of piperazine rings is 2. The third-order valence-electron chi connectivity index (χ3n) is 12.3. The highest BCUT2D eigenvalue weighted by atomic mass is 16.2. The van der Waals surface area contributed by atoms with Crippen molar-refractivity contribution >= 4 is 35.0 Å². The summed E-state index contributed by atoms with van der Waals surface area (Å²) in [5.41, 5.74) is 4.00. The molecule has 4 amide bonds. The first-order valence-corrected chi connectivity index (χ1v) is 17.5. The molecule has 4 fully saturated rings. The van der Waals surface area contributed by atoms with Gasteiger partial charge in [-0.1, -0.05) is 97.1 Å². The molecule has 0 spiro atoms. The number of carbonyl (C=O) groups excluding carboxylic acids is 4. The summed E-state index contributed by atoms with van der Waals surface area (Å²) in [4.78, 5) is 61.2. The zero-order valence-electron chi connectivity index (χ0n) is 27.2. The number of carbonyl (C=O) groups is 4. The lowest BCUT2D eigenvalue weighted by molar-refractivity contribution is -0.149. The van der Waals surface area contributed by atoms with E-state index in [2.05, 4.69) is 33.4 Å². The highest BCUT2D eigenvalue weighted by Crippen LogP contribution is 2.68. The van der Waals surface area contributed by atoms with Crippen LogP contribution in [-0.4, -0.2) is 69.9 Å². The molecular weight excluding hydrogens is 628 g/mol. The molecule has 4 N–H and O–H groups in total. The molecule has 4 aromatic carbocycles. The van der Waals surface area contributed by atoms with Crippen LogP contribution in [0.2, 0.25) is 0 Å². The number of anilines is 2. The first kappa shape index (κ1) is 29.3. The summed E-state index contributed by atoms with van der Waals surface area (Å²) in [6, 6.07) is 32.8. The van der Waals surface area contributed by atoms with Crippen LogP contribution in [0.1, 0.15) is 35.1 Å². The van der Waals surface area contributed by atoms with Gasteiger partial charge in [-0.15, -0.1) is 0 Å². The molecule has 50 heavy (non-hydrogen) atoms. The van der Waals surface area contributed by atoms with Crippen molar-refractivity contribution < 1.29 is 19.2 Å². The van der Waals surface area contributed by atoms with E-state index in [1.807, 2.05) is 97.1 Å². The summed E-state index contributed by atoms with van der Waals surface area (Å²) in [7, 11) is 0. The van der Waals surface area contributed by atoms with Crippen LogP contribution < -0.4 is 21.3 Å². The quantitative estimate of drug-likeness (QED) is 0.260. The van der Waals surface area contributed by atoms with E-state index in [9.17, 15) is 19.2 Å². The van der Waals surface area contributed by atoms with Gasteiger partial charge < -0.3 is 31.1 Å². The molecule has 0 bridgehead atoms. The molecule has 0 radical (unpaired) electrons. The Morgan fingerprint density at radius 2 is 0.880 bits per heavy atom. The van der Waals surface area contributed by atoms with Gasteiger partial charge >= 0.3 is 0 Å². The average Bonchev–Trinajstić information content (AvgIpc) is 3.85. The van der Waals surface area contributed by atoms with Gasteiger partial charge in [-0.3, -0.25) is 19.2 Å². The fraction of sp³-hybridized carbons (Fsp3) is 0.300. The maximum Gasteiger partial charge on any atom is 0.247 e. The van der Waals surface area contributed by atoms with Crippen molar-refractivity contribution in [1.29, 1.82) is 0 Å². The number of amides is 4. The van der Waals surface area contributed by atoms with Crippen LogP contribution in [0.5, 0.6) is 0 Å². The second kappa shape index (κ2) is 10.4. The molecule has 6 aliphatic heterocycles. The molecule has 0 aliphatic carbocycles. The van der Waals surface area contributed by atoms with Crippen molar-refractivity contribution in [3.8, 4) is 0 Å². The lowest BCUT2D eigenvalue weighted by Gasteiger charge is -2.48. The molecular formula is C40H36N6O4. The molecule has 0 unspecified atom stereocenters. The Labute approximate surface area is 289 Å². The Hall–Kier alpha value is -5.64. The van der Waals surface area contributed by atoms with Crippen molar-refractivity contribution in [2.45, 2.75) is 73.0 Å². The number of hydrogen-bond donors (Lipinski definition) is 4. The topological polar surface area (TPSA) is 123 Å². The molecule has 0 saturated carbocycles. The van der Waals surface area contributed by atoms with E-state index in [0.717, 1.165) is 33.6 Å². The molecule has 250 valence electrons. The number of nitrogens with zero attached hydrogens (tertiary/aromatic N) is 2. The monoisotopic (exact) mass is 664 g/mol. The van der Waals surface area contributed by atoms with Gasteiger partial charge in [-0.2, -0.15) is 0 Å². The number of fused-ring (bicyclic) bond motifs is 11. The van der Waals surface area contributed by atoms with Crippen molar-refractivity contribution in [2.75, 3.05) is 10.6 Å². The van der Waals surface area contributed by atoms with Gasteiger partial charge in [0.25, 0.3) is 0 Å². The van der Waals surface area contributed by atoms with Gasteiger partial charge in [-0.25, -0.2) is 0 Å². The second-order valence-electron chi connectivity index (χ2n) is 14.6. The van der Waals surface area contributed by atoms with Gasteiger partial charge in [0.1, 0.15) is 36.5 Å². The summed E-state index contributed by atoms with van der Waals surface area (Å²) in [6.07, 6.45) is 0.273. The summed E-state index contributed by atoms with van der Waals surface area (Å²) in [5.74, 6) is -0.632. The van der Waals surface area contributed by atoms with Crippen LogP contribution in [0, 0.1) is 0 Å². The lowest BCUT2D eigenvalue weighted by Crippen LogP contribution is -2.67. The SMILES string of the molecule is O=C1N[C@@H](Cc2ccccc2)C(=O)N2[C@H]1C[C@@]1([C@@]34C[C@H]5C(=O)N[C@@H](Cc6ccccc6)C(=O)N5[C@@H]3Nc3ccccc34)c3ccccc3N[C@@H]21. The van der Waals surface area contributed by atoms with Gasteiger partial charge in [0.05, 0.1) is 10.8 Å². The number of para-hydroxylation sites is 2. The van der Waals surface area contributed by atoms with E-state index in [-0.39, 0.29) is 23.6 Å². The summed E-state index contributed by atoms with van der Waals surface area (Å²) in [6.45, 7) is 0. The van der Waals surface area contributed by atoms with Gasteiger partial charge in [0.2, 0.25) is 23.6 Å². The van der Waals surface area contributed by atoms with Crippen LogP contribution in [0.3, 0.4) is 0 Å². The molecule has 4 aromatic rings. The van der Waals surface area contributed by atoms with Crippen molar-refractivity contribution in [1.82, 2.24) is 20.4 Å². The number of benzene rings is 4. The van der Waals surface area contributed by atoms with Gasteiger partial charge in [-0.05, 0) is 47.2 Å². The number of hydrogen-bond acceptors (Lipinski definition) is 6. The Balaban J connectivity index is 1.13. The maximum absolute atomic E-state index is 14.6. The second-order valence-corrected chi connectivity index (χ2v) is 14.6. The molecule has 4 saturated heterocycles. The fourth-order valence-corrected chi connectivity index (χ4v) is 10.4. The van der Waals surface area contributed by atoms with Crippen molar-refractivity contribution in [3.05, 3.63) is 131 Å². The first-order valence-electron chi connectivity index (χ1n) is 17.5. The van der Waals surface area contributed by atoms with Crippen LogP contribution in [0.4, 0.5) is 11.4 Å². The Kier molecular flexibility index (Phi) is 6.11. The molecule has 10 rings (SSSR count). The zero-order valence-corrected chi connectivity index (χ0v) is 27.2. The first-order chi connectivity index (χ1) is 24.4. The third-order valence-corrected chi connectivity index (χ3v) is 12.3. The van der Waals surface area contributed by atoms with Gasteiger partial charge in [0, 0.05) is 24.2 Å². The normalized spacial score (nSPS) is 32.9. The smallest absolute Gasteiger partial charge is 0.247 e. The molecule has 8 atom stereocenters. The summed E-state index contributed by atoms with van der Waals surface area (Å²) in [5, 5.41) is 13.6. The molecule has 0 aromatic heterocycles. The van der Waals surface area contributed by atoms with E-state index in [1.165, 1.54) is 0 Å². The highest BCUT2D eigenvalue weighted by molar-refractivity contribution is 6.01. The zero-order chi connectivity index (χ0) is 33.8. The maximum atomic E-state index is 14.6.